The number of hydrogen-bond donors (Lipinski definition) is 2. The van der Waals surface area contributed by atoms with Crippen LogP contribution in [0.1, 0.15) is 23.6 Å². The Morgan fingerprint density at radius 3 is 2.50 bits per heavy atom. The van der Waals surface area contributed by atoms with Crippen LogP contribution in [0.5, 0.6) is 0 Å². The van der Waals surface area contributed by atoms with Crippen LogP contribution in [0, 0.1) is 0 Å². The van der Waals surface area contributed by atoms with E-state index >= 15 is 0 Å². The van der Waals surface area contributed by atoms with Crippen molar-refractivity contribution < 1.29 is 14.7 Å². The number of fused-ring (bicyclic) bond motifs is 1. The number of amides is 1. The van der Waals surface area contributed by atoms with Crippen LogP contribution in [-0.2, 0) is 9.59 Å². The lowest BCUT2D eigenvalue weighted by atomic mass is 9.95. The molecule has 1 fully saturated rings. The van der Waals surface area contributed by atoms with Crippen LogP contribution in [0.4, 0.5) is 0 Å². The summed E-state index contributed by atoms with van der Waals surface area (Å²) in [7, 11) is 3.94. The second kappa shape index (κ2) is 8.16. The third-order valence-corrected chi connectivity index (χ3v) is 5.50. The summed E-state index contributed by atoms with van der Waals surface area (Å²) < 4.78 is 0. The molecule has 3 aromatic rings. The molecule has 154 valence electrons. The number of nitrogens with one attached hydrogen (secondary N) is 1. The van der Waals surface area contributed by atoms with Crippen LogP contribution in [0.15, 0.2) is 66.4 Å². The minimum atomic E-state index is -0.642. The van der Waals surface area contributed by atoms with E-state index in [1.54, 1.807) is 11.1 Å². The smallest absolute Gasteiger partial charge is 0.295 e. The number of rotatable bonds is 6. The standard InChI is InChI=1S/C24H25N3O3/c1-26(2)13-8-14-27-21(16-9-4-3-5-10-16)20(23(29)24(27)30)22(28)18-15-25-19-12-7-6-11-17(18)19/h3-7,9-12,15,21,25,28H,8,13-14H2,1-2H3/t21-/m1/s1. The molecule has 6 nitrogen and oxygen atoms in total. The first-order valence-electron chi connectivity index (χ1n) is 10.0. The number of nitrogens with zero attached hydrogens (tertiary/aromatic N) is 2. The van der Waals surface area contributed by atoms with Crippen molar-refractivity contribution in [3.63, 3.8) is 0 Å². The third kappa shape index (κ3) is 3.50. The lowest BCUT2D eigenvalue weighted by molar-refractivity contribution is -0.139. The molecule has 2 heterocycles. The average molecular weight is 403 g/mol. The highest BCUT2D eigenvalue weighted by molar-refractivity contribution is 6.46. The highest BCUT2D eigenvalue weighted by atomic mass is 16.3. The van der Waals surface area contributed by atoms with Crippen molar-refractivity contribution >= 4 is 28.4 Å². The van der Waals surface area contributed by atoms with E-state index in [0.717, 1.165) is 29.4 Å². The van der Waals surface area contributed by atoms with Gasteiger partial charge in [-0.15, -0.1) is 0 Å². The highest BCUT2D eigenvalue weighted by Crippen LogP contribution is 2.40. The van der Waals surface area contributed by atoms with Gasteiger partial charge in [0.1, 0.15) is 5.76 Å². The first-order valence-corrected chi connectivity index (χ1v) is 10.0. The Balaban J connectivity index is 1.83. The number of aromatic nitrogens is 1. The van der Waals surface area contributed by atoms with Crippen molar-refractivity contribution in [2.24, 2.45) is 0 Å². The van der Waals surface area contributed by atoms with E-state index in [9.17, 15) is 14.7 Å². The number of Topliss-reactive ketones (excluding diaryl/α,β-unsaturated/α-hetero) is 1. The van der Waals surface area contributed by atoms with Gasteiger partial charge in [-0.25, -0.2) is 0 Å². The normalized spacial score (nSPS) is 18.6. The number of aliphatic hydroxyl groups excluding tert-OH is 1. The molecular formula is C24H25N3O3. The summed E-state index contributed by atoms with van der Waals surface area (Å²) in [6.07, 6.45) is 2.41. The van der Waals surface area contributed by atoms with Crippen molar-refractivity contribution in [1.29, 1.82) is 0 Å². The number of benzene rings is 2. The minimum Gasteiger partial charge on any atom is -0.507 e. The molecule has 1 aliphatic heterocycles. The maximum Gasteiger partial charge on any atom is 0.295 e. The van der Waals surface area contributed by atoms with Crippen molar-refractivity contribution in [2.45, 2.75) is 12.5 Å². The lowest BCUT2D eigenvalue weighted by Crippen LogP contribution is -2.32. The van der Waals surface area contributed by atoms with Crippen LogP contribution < -0.4 is 0 Å². The Kier molecular flexibility index (Phi) is 5.42. The van der Waals surface area contributed by atoms with E-state index in [2.05, 4.69) is 4.98 Å². The molecule has 4 rings (SSSR count). The summed E-state index contributed by atoms with van der Waals surface area (Å²) in [5, 5.41) is 12.0. The van der Waals surface area contributed by atoms with Crippen molar-refractivity contribution in [1.82, 2.24) is 14.8 Å². The van der Waals surface area contributed by atoms with Crippen molar-refractivity contribution in [2.75, 3.05) is 27.2 Å². The zero-order chi connectivity index (χ0) is 21.3. The maximum absolute atomic E-state index is 13.0. The largest absolute Gasteiger partial charge is 0.507 e. The average Bonchev–Trinajstić information content (AvgIpc) is 3.28. The van der Waals surface area contributed by atoms with Gasteiger partial charge in [-0.2, -0.15) is 0 Å². The fourth-order valence-corrected chi connectivity index (χ4v) is 4.06. The van der Waals surface area contributed by atoms with Gasteiger partial charge < -0.3 is 19.9 Å². The van der Waals surface area contributed by atoms with Crippen LogP contribution >= 0.6 is 0 Å². The molecule has 0 bridgehead atoms. The predicted molar refractivity (Wildman–Crippen MR) is 117 cm³/mol. The zero-order valence-corrected chi connectivity index (χ0v) is 17.1. The number of likely N-dealkylation sites (tertiary alicyclic amines) is 1. The zero-order valence-electron chi connectivity index (χ0n) is 17.1. The van der Waals surface area contributed by atoms with Gasteiger partial charge >= 0.3 is 0 Å². The molecule has 2 aromatic carbocycles. The molecule has 30 heavy (non-hydrogen) atoms. The van der Waals surface area contributed by atoms with Crippen LogP contribution in [0.2, 0.25) is 0 Å². The molecule has 0 aliphatic carbocycles. The van der Waals surface area contributed by atoms with Gasteiger partial charge in [0.05, 0.1) is 11.6 Å². The fourth-order valence-electron chi connectivity index (χ4n) is 4.06. The minimum absolute atomic E-state index is 0.140. The molecule has 6 heteroatoms. The van der Waals surface area contributed by atoms with E-state index in [1.165, 1.54) is 0 Å². The van der Waals surface area contributed by atoms with Crippen LogP contribution in [0.3, 0.4) is 0 Å². The van der Waals surface area contributed by atoms with E-state index < -0.39 is 17.7 Å². The Morgan fingerprint density at radius 2 is 1.77 bits per heavy atom. The van der Waals surface area contributed by atoms with Gasteiger partial charge in [0.2, 0.25) is 0 Å². The maximum atomic E-state index is 13.0. The topological polar surface area (TPSA) is 76.6 Å². The molecule has 1 aliphatic rings. The molecule has 0 radical (unpaired) electrons. The number of aliphatic hydroxyl groups is 1. The molecule has 0 spiro atoms. The lowest BCUT2D eigenvalue weighted by Gasteiger charge is -2.25. The fraction of sp³-hybridized carbons (Fsp3) is 0.250. The molecule has 1 amide bonds. The monoisotopic (exact) mass is 403 g/mol. The molecule has 1 atom stereocenters. The second-order valence-corrected chi connectivity index (χ2v) is 7.81. The van der Waals surface area contributed by atoms with Gasteiger partial charge in [-0.1, -0.05) is 48.5 Å². The number of carbonyl (C=O) groups is 2. The number of hydrogen-bond acceptors (Lipinski definition) is 4. The third-order valence-electron chi connectivity index (χ3n) is 5.50. The quantitative estimate of drug-likeness (QED) is 0.375. The first kappa shape index (κ1) is 19.9. The summed E-state index contributed by atoms with van der Waals surface area (Å²) >= 11 is 0. The Hall–Kier alpha value is -3.38. The van der Waals surface area contributed by atoms with Crippen LogP contribution in [0.25, 0.3) is 16.7 Å². The number of ketones is 1. The number of aromatic amines is 1. The highest BCUT2D eigenvalue weighted by Gasteiger charge is 2.45. The molecule has 0 unspecified atom stereocenters. The molecule has 0 saturated carbocycles. The van der Waals surface area contributed by atoms with Gasteiger partial charge in [0.15, 0.2) is 0 Å². The summed E-state index contributed by atoms with van der Waals surface area (Å²) in [6, 6.07) is 16.4. The number of carbonyl (C=O) groups excluding carboxylic acids is 2. The summed E-state index contributed by atoms with van der Waals surface area (Å²) in [6.45, 7) is 1.24. The molecular weight excluding hydrogens is 378 g/mol. The van der Waals surface area contributed by atoms with E-state index in [4.69, 9.17) is 0 Å². The predicted octanol–water partition coefficient (Wildman–Crippen LogP) is 3.54. The second-order valence-electron chi connectivity index (χ2n) is 7.81. The van der Waals surface area contributed by atoms with E-state index in [0.29, 0.717) is 12.1 Å². The SMILES string of the molecule is CN(C)CCCN1C(=O)C(=O)C(=C(O)c2c[nH]c3ccccc23)[C@H]1c1ccccc1. The Labute approximate surface area is 175 Å². The van der Waals surface area contributed by atoms with Gasteiger partial charge in [-0.3, -0.25) is 9.59 Å². The molecule has 1 saturated heterocycles. The summed E-state index contributed by atoms with van der Waals surface area (Å²) in [4.78, 5) is 32.7. The van der Waals surface area contributed by atoms with Gasteiger partial charge in [-0.05, 0) is 38.7 Å². The summed E-state index contributed by atoms with van der Waals surface area (Å²) in [5.74, 6) is -1.35. The van der Waals surface area contributed by atoms with Crippen molar-refractivity contribution in [3.8, 4) is 0 Å². The molecule has 1 aromatic heterocycles. The Bertz CT molecular complexity index is 1110. The van der Waals surface area contributed by atoms with Crippen LogP contribution in [-0.4, -0.2) is 58.8 Å². The van der Waals surface area contributed by atoms with Crippen molar-refractivity contribution in [3.05, 3.63) is 77.5 Å². The van der Waals surface area contributed by atoms with E-state index in [1.807, 2.05) is 73.6 Å². The van der Waals surface area contributed by atoms with Gasteiger partial charge in [0.25, 0.3) is 11.7 Å². The number of para-hydroxylation sites is 1. The first-order chi connectivity index (χ1) is 14.5. The van der Waals surface area contributed by atoms with Gasteiger partial charge in [0, 0.05) is 29.2 Å². The number of H-pyrrole nitrogens is 1. The summed E-state index contributed by atoms with van der Waals surface area (Å²) in [5.41, 5.74) is 2.33. The molecule has 2 N–H and O–H groups in total. The Morgan fingerprint density at radius 1 is 1.07 bits per heavy atom. The van der Waals surface area contributed by atoms with E-state index in [-0.39, 0.29) is 11.3 Å².